The molecule has 1 aromatic rings. The maximum absolute atomic E-state index is 13.6. The van der Waals surface area contributed by atoms with Crippen LogP contribution in [-0.2, 0) is 14.8 Å². The molecule has 7 heteroatoms. The fourth-order valence-electron chi connectivity index (χ4n) is 2.72. The van der Waals surface area contributed by atoms with Crippen LogP contribution in [-0.4, -0.2) is 38.5 Å². The molecule has 0 aromatic heterocycles. The van der Waals surface area contributed by atoms with Crippen LogP contribution in [0.2, 0.25) is 0 Å². The zero-order valence-corrected chi connectivity index (χ0v) is 13.3. The topological polar surface area (TPSA) is 72.6 Å². The Labute approximate surface area is 124 Å². The first kappa shape index (κ1) is 16.2. The Balaban J connectivity index is 2.56. The van der Waals surface area contributed by atoms with E-state index in [4.69, 9.17) is 10.5 Å². The first-order valence-corrected chi connectivity index (χ1v) is 8.39. The van der Waals surface area contributed by atoms with E-state index in [1.165, 1.54) is 10.4 Å². The number of nitrogens with two attached hydrogens (primary N) is 1. The third-order valence-electron chi connectivity index (χ3n) is 3.91. The summed E-state index contributed by atoms with van der Waals surface area (Å²) in [6.07, 6.45) is 0.661. The first-order valence-electron chi connectivity index (χ1n) is 6.95. The minimum atomic E-state index is -3.72. The summed E-state index contributed by atoms with van der Waals surface area (Å²) >= 11 is 0. The normalized spacial score (nSPS) is 20.7. The summed E-state index contributed by atoms with van der Waals surface area (Å²) in [6, 6.07) is 0.977. The summed E-state index contributed by atoms with van der Waals surface area (Å²) in [7, 11) is -3.72. The van der Waals surface area contributed by atoms with Crippen molar-refractivity contribution in [2.24, 2.45) is 0 Å². The van der Waals surface area contributed by atoms with Crippen LogP contribution in [0.1, 0.15) is 24.5 Å². The van der Waals surface area contributed by atoms with Crippen LogP contribution in [0, 0.1) is 19.7 Å². The summed E-state index contributed by atoms with van der Waals surface area (Å²) in [5.41, 5.74) is 6.20. The minimum Gasteiger partial charge on any atom is -0.396 e. The quantitative estimate of drug-likeness (QED) is 0.864. The zero-order valence-electron chi connectivity index (χ0n) is 12.5. The highest BCUT2D eigenvalue weighted by Gasteiger charge is 2.35. The molecule has 0 saturated carbocycles. The summed E-state index contributed by atoms with van der Waals surface area (Å²) in [5, 5.41) is 0. The number of sulfonamides is 1. The molecule has 0 spiro atoms. The van der Waals surface area contributed by atoms with Gasteiger partial charge in [0.2, 0.25) is 10.0 Å². The van der Waals surface area contributed by atoms with E-state index in [9.17, 15) is 12.8 Å². The third kappa shape index (κ3) is 2.77. The third-order valence-corrected chi connectivity index (χ3v) is 6.16. The number of anilines is 1. The molecule has 1 fully saturated rings. The van der Waals surface area contributed by atoms with Crippen molar-refractivity contribution < 1.29 is 17.5 Å². The maximum atomic E-state index is 13.6. The number of morpholine rings is 1. The van der Waals surface area contributed by atoms with Crippen molar-refractivity contribution in [3.8, 4) is 0 Å². The average molecular weight is 316 g/mol. The highest BCUT2D eigenvalue weighted by atomic mass is 32.2. The van der Waals surface area contributed by atoms with E-state index < -0.39 is 15.8 Å². The van der Waals surface area contributed by atoms with Crippen LogP contribution in [0.4, 0.5) is 10.1 Å². The molecule has 0 amide bonds. The van der Waals surface area contributed by atoms with Gasteiger partial charge < -0.3 is 10.5 Å². The fourth-order valence-corrected chi connectivity index (χ4v) is 4.84. The van der Waals surface area contributed by atoms with E-state index in [0.717, 1.165) is 0 Å². The molecule has 1 aromatic carbocycles. The smallest absolute Gasteiger partial charge is 0.244 e. The standard InChI is InChI=1S/C14H21FN2O3S/c1-4-11-8-20-6-5-17(11)21(18,19)14-9(2)7-12(15)13(16)10(14)3/h7,11H,4-6,8,16H2,1-3H3. The van der Waals surface area contributed by atoms with Crippen molar-refractivity contribution in [2.45, 2.75) is 38.1 Å². The van der Waals surface area contributed by atoms with Gasteiger partial charge in [-0.3, -0.25) is 0 Å². The highest BCUT2D eigenvalue weighted by Crippen LogP contribution is 2.31. The number of hydrogen-bond donors (Lipinski definition) is 1. The summed E-state index contributed by atoms with van der Waals surface area (Å²) in [4.78, 5) is 0.113. The van der Waals surface area contributed by atoms with Gasteiger partial charge in [-0.1, -0.05) is 6.92 Å². The molecule has 21 heavy (non-hydrogen) atoms. The number of ether oxygens (including phenoxy) is 1. The summed E-state index contributed by atoms with van der Waals surface area (Å²) in [6.45, 7) is 6.09. The lowest BCUT2D eigenvalue weighted by Crippen LogP contribution is -2.48. The van der Waals surface area contributed by atoms with Gasteiger partial charge in [-0.25, -0.2) is 12.8 Å². The fraction of sp³-hybridized carbons (Fsp3) is 0.571. The van der Waals surface area contributed by atoms with Crippen molar-refractivity contribution in [1.29, 1.82) is 0 Å². The molecular formula is C14H21FN2O3S. The van der Waals surface area contributed by atoms with Crippen molar-refractivity contribution in [1.82, 2.24) is 4.31 Å². The second-order valence-corrected chi connectivity index (χ2v) is 7.12. The molecule has 1 aliphatic heterocycles. The lowest BCUT2D eigenvalue weighted by Gasteiger charge is -2.34. The summed E-state index contributed by atoms with van der Waals surface area (Å²) in [5.74, 6) is -0.585. The number of rotatable bonds is 3. The Hall–Kier alpha value is -1.18. The largest absolute Gasteiger partial charge is 0.396 e. The van der Waals surface area contributed by atoms with Crippen LogP contribution >= 0.6 is 0 Å². The van der Waals surface area contributed by atoms with E-state index in [0.29, 0.717) is 31.7 Å². The molecule has 2 rings (SSSR count). The molecule has 1 saturated heterocycles. The van der Waals surface area contributed by atoms with Gasteiger partial charge in [0.15, 0.2) is 0 Å². The van der Waals surface area contributed by atoms with Gasteiger partial charge in [-0.05, 0) is 37.5 Å². The van der Waals surface area contributed by atoms with Crippen LogP contribution in [0.5, 0.6) is 0 Å². The number of hydrogen-bond acceptors (Lipinski definition) is 4. The molecule has 0 bridgehead atoms. The lowest BCUT2D eigenvalue weighted by atomic mass is 10.1. The lowest BCUT2D eigenvalue weighted by molar-refractivity contribution is 0.0314. The summed E-state index contributed by atoms with van der Waals surface area (Å²) < 4.78 is 46.3. The molecule has 0 aliphatic carbocycles. The number of nitrogen functional groups attached to an aromatic ring is 1. The first-order chi connectivity index (χ1) is 9.80. The molecular weight excluding hydrogens is 295 g/mol. The number of benzene rings is 1. The maximum Gasteiger partial charge on any atom is 0.244 e. The minimum absolute atomic E-state index is 0.111. The molecule has 2 N–H and O–H groups in total. The Bertz CT molecular complexity index is 646. The van der Waals surface area contributed by atoms with Gasteiger partial charge in [-0.2, -0.15) is 4.31 Å². The van der Waals surface area contributed by atoms with Gasteiger partial charge in [0.25, 0.3) is 0 Å². The molecule has 1 atom stereocenters. The van der Waals surface area contributed by atoms with Crippen LogP contribution < -0.4 is 5.73 Å². The molecule has 0 radical (unpaired) electrons. The van der Waals surface area contributed by atoms with E-state index >= 15 is 0 Å². The zero-order chi connectivity index (χ0) is 15.8. The average Bonchev–Trinajstić information content (AvgIpc) is 2.44. The van der Waals surface area contributed by atoms with Gasteiger partial charge in [0.1, 0.15) is 5.82 Å². The van der Waals surface area contributed by atoms with Gasteiger partial charge in [-0.15, -0.1) is 0 Å². The van der Waals surface area contributed by atoms with Crippen molar-refractivity contribution in [3.63, 3.8) is 0 Å². The Morgan fingerprint density at radius 3 is 2.76 bits per heavy atom. The Kier molecular flexibility index (Phi) is 4.55. The van der Waals surface area contributed by atoms with Crippen LogP contribution in [0.15, 0.2) is 11.0 Å². The SMILES string of the molecule is CCC1COCCN1S(=O)(=O)c1c(C)cc(F)c(N)c1C. The van der Waals surface area contributed by atoms with Crippen molar-refractivity contribution in [2.75, 3.05) is 25.5 Å². The predicted molar refractivity (Wildman–Crippen MR) is 79.1 cm³/mol. The van der Waals surface area contributed by atoms with Crippen molar-refractivity contribution >= 4 is 15.7 Å². The van der Waals surface area contributed by atoms with Crippen molar-refractivity contribution in [3.05, 3.63) is 23.0 Å². The number of halogens is 1. The number of aryl methyl sites for hydroxylation is 1. The van der Waals surface area contributed by atoms with E-state index in [1.807, 2.05) is 6.92 Å². The van der Waals surface area contributed by atoms with Crippen LogP contribution in [0.3, 0.4) is 0 Å². The number of nitrogens with zero attached hydrogens (tertiary/aromatic N) is 1. The van der Waals surface area contributed by atoms with Crippen LogP contribution in [0.25, 0.3) is 0 Å². The van der Waals surface area contributed by atoms with E-state index in [2.05, 4.69) is 0 Å². The molecule has 5 nitrogen and oxygen atoms in total. The Morgan fingerprint density at radius 2 is 2.14 bits per heavy atom. The van der Waals surface area contributed by atoms with Gasteiger partial charge in [0.05, 0.1) is 23.8 Å². The second-order valence-electron chi connectivity index (χ2n) is 5.30. The van der Waals surface area contributed by atoms with Gasteiger partial charge >= 0.3 is 0 Å². The monoisotopic (exact) mass is 316 g/mol. The molecule has 1 heterocycles. The van der Waals surface area contributed by atoms with E-state index in [1.54, 1.807) is 13.8 Å². The van der Waals surface area contributed by atoms with E-state index in [-0.39, 0.29) is 22.2 Å². The Morgan fingerprint density at radius 1 is 1.48 bits per heavy atom. The molecule has 118 valence electrons. The second kappa shape index (κ2) is 5.90. The molecule has 1 unspecified atom stereocenters. The predicted octanol–water partition coefficient (Wildman–Crippen LogP) is 1.82. The highest BCUT2D eigenvalue weighted by molar-refractivity contribution is 7.89. The van der Waals surface area contributed by atoms with Gasteiger partial charge in [0, 0.05) is 12.6 Å². The molecule has 1 aliphatic rings.